The third kappa shape index (κ3) is 3.64. The molecule has 0 amide bonds. The van der Waals surface area contributed by atoms with Crippen molar-refractivity contribution in [2.45, 2.75) is 26.4 Å². The fourth-order valence-electron chi connectivity index (χ4n) is 2.86. The smallest absolute Gasteiger partial charge is 0.306 e. The minimum Gasteiger partial charge on any atom is -0.459 e. The van der Waals surface area contributed by atoms with Gasteiger partial charge in [-0.25, -0.2) is 13.4 Å². The summed E-state index contributed by atoms with van der Waals surface area (Å²) >= 11 is 0. The number of aryl methyl sites for hydroxylation is 1. The maximum atomic E-state index is 12.1. The molecule has 0 radical (unpaired) electrons. The van der Waals surface area contributed by atoms with E-state index in [1.165, 1.54) is 10.5 Å². The molecule has 1 saturated heterocycles. The average Bonchev–Trinajstić information content (AvgIpc) is 2.85. The van der Waals surface area contributed by atoms with E-state index in [-0.39, 0.29) is 36.0 Å². The van der Waals surface area contributed by atoms with E-state index in [1.54, 1.807) is 12.3 Å². The number of ether oxygens (including phenoxy) is 1. The van der Waals surface area contributed by atoms with E-state index in [2.05, 4.69) is 4.98 Å². The van der Waals surface area contributed by atoms with Crippen LogP contribution in [0.3, 0.4) is 0 Å². The van der Waals surface area contributed by atoms with Crippen molar-refractivity contribution in [3.8, 4) is 0 Å². The number of pyridine rings is 1. The zero-order valence-electron chi connectivity index (χ0n) is 13.3. The highest BCUT2D eigenvalue weighted by atomic mass is 32.2. The molecule has 0 aromatic carbocycles. The molecule has 128 valence electrons. The minimum absolute atomic E-state index is 0.0386. The second kappa shape index (κ2) is 6.35. The fraction of sp³-hybridized carbons (Fsp3) is 0.438. The van der Waals surface area contributed by atoms with Gasteiger partial charge in [0.15, 0.2) is 9.84 Å². The molecule has 0 saturated carbocycles. The number of carbonyl (C=O) groups excluding carboxylic acids is 1. The molecule has 1 aliphatic heterocycles. The van der Waals surface area contributed by atoms with Gasteiger partial charge in [0.2, 0.25) is 0 Å². The van der Waals surface area contributed by atoms with Crippen molar-refractivity contribution in [2.75, 3.05) is 11.5 Å². The highest BCUT2D eigenvalue weighted by Gasteiger charge is 2.29. The second-order valence-electron chi connectivity index (χ2n) is 6.10. The molecule has 3 rings (SSSR count). The molecule has 0 N–H and O–H groups in total. The van der Waals surface area contributed by atoms with E-state index in [9.17, 15) is 18.0 Å². The van der Waals surface area contributed by atoms with Gasteiger partial charge in [0, 0.05) is 18.7 Å². The zero-order chi connectivity index (χ0) is 17.3. The van der Waals surface area contributed by atoms with Crippen molar-refractivity contribution in [1.82, 2.24) is 9.38 Å². The van der Waals surface area contributed by atoms with Crippen LogP contribution in [0.5, 0.6) is 0 Å². The summed E-state index contributed by atoms with van der Waals surface area (Å²) < 4.78 is 29.4. The van der Waals surface area contributed by atoms with Crippen molar-refractivity contribution in [3.63, 3.8) is 0 Å². The molecule has 1 fully saturated rings. The first kappa shape index (κ1) is 16.6. The second-order valence-corrected chi connectivity index (χ2v) is 8.33. The summed E-state index contributed by atoms with van der Waals surface area (Å²) in [4.78, 5) is 28.3. The zero-order valence-corrected chi connectivity index (χ0v) is 14.1. The van der Waals surface area contributed by atoms with E-state index >= 15 is 0 Å². The number of rotatable bonds is 4. The maximum absolute atomic E-state index is 12.1. The van der Waals surface area contributed by atoms with Gasteiger partial charge in [0.25, 0.3) is 5.56 Å². The topological polar surface area (TPSA) is 94.8 Å². The lowest BCUT2D eigenvalue weighted by molar-refractivity contribution is -0.146. The number of hydrogen-bond acceptors (Lipinski definition) is 6. The Morgan fingerprint density at radius 2 is 2.25 bits per heavy atom. The molecule has 24 heavy (non-hydrogen) atoms. The summed E-state index contributed by atoms with van der Waals surface area (Å²) in [5, 5.41) is 0. The average molecular weight is 350 g/mol. The van der Waals surface area contributed by atoms with Gasteiger partial charge in [-0.3, -0.25) is 14.0 Å². The van der Waals surface area contributed by atoms with Gasteiger partial charge in [0.05, 0.1) is 17.2 Å². The van der Waals surface area contributed by atoms with Gasteiger partial charge in [-0.05, 0) is 30.9 Å². The Morgan fingerprint density at radius 1 is 1.46 bits per heavy atom. The van der Waals surface area contributed by atoms with Crippen LogP contribution in [0.4, 0.5) is 0 Å². The molecule has 2 aromatic heterocycles. The highest BCUT2D eigenvalue weighted by Crippen LogP contribution is 2.22. The number of esters is 1. The minimum atomic E-state index is -3.01. The lowest BCUT2D eigenvalue weighted by Crippen LogP contribution is -2.18. The van der Waals surface area contributed by atoms with Crippen LogP contribution in [0.15, 0.2) is 29.2 Å². The lowest BCUT2D eigenvalue weighted by atomic mass is 10.1. The first-order chi connectivity index (χ1) is 11.3. The Bertz CT molecular complexity index is 949. The predicted molar refractivity (Wildman–Crippen MR) is 87.4 cm³/mol. The largest absolute Gasteiger partial charge is 0.459 e. The molecule has 0 aliphatic carbocycles. The van der Waals surface area contributed by atoms with Crippen LogP contribution in [-0.4, -0.2) is 35.3 Å². The maximum Gasteiger partial charge on any atom is 0.306 e. The van der Waals surface area contributed by atoms with Crippen LogP contribution >= 0.6 is 0 Å². The predicted octanol–water partition coefficient (Wildman–Crippen LogP) is 0.871. The first-order valence-corrected chi connectivity index (χ1v) is 9.50. The molecule has 0 bridgehead atoms. The van der Waals surface area contributed by atoms with Gasteiger partial charge < -0.3 is 4.74 Å². The normalized spacial score (nSPS) is 19.5. The number of hydrogen-bond donors (Lipinski definition) is 0. The molecule has 1 aliphatic rings. The van der Waals surface area contributed by atoms with E-state index in [0.717, 1.165) is 5.56 Å². The van der Waals surface area contributed by atoms with Crippen molar-refractivity contribution >= 4 is 21.5 Å². The standard InChI is InChI=1S/C16H18N2O5S/c1-11-3-2-5-18-14(19)8-13(17-16(11)18)9-23-15(20)7-12-4-6-24(21,22)10-12/h2-3,5,8,12H,4,6-7,9-10H2,1H3/t12-/m1/s1. The van der Waals surface area contributed by atoms with Crippen LogP contribution in [0, 0.1) is 12.8 Å². The van der Waals surface area contributed by atoms with Crippen LogP contribution in [0.2, 0.25) is 0 Å². The van der Waals surface area contributed by atoms with Crippen molar-refractivity contribution in [2.24, 2.45) is 5.92 Å². The molecule has 2 aromatic rings. The quantitative estimate of drug-likeness (QED) is 0.760. The molecular weight excluding hydrogens is 332 g/mol. The summed E-state index contributed by atoms with van der Waals surface area (Å²) in [6.45, 7) is 1.75. The molecule has 0 spiro atoms. The summed E-state index contributed by atoms with van der Waals surface area (Å²) in [7, 11) is -3.01. The molecular formula is C16H18N2O5S. The fourth-order valence-corrected chi connectivity index (χ4v) is 4.73. The molecule has 3 heterocycles. The van der Waals surface area contributed by atoms with E-state index in [4.69, 9.17) is 4.74 Å². The van der Waals surface area contributed by atoms with E-state index in [1.807, 2.05) is 13.0 Å². The number of fused-ring (bicyclic) bond motifs is 1. The van der Waals surface area contributed by atoms with Gasteiger partial charge in [-0.2, -0.15) is 0 Å². The third-order valence-corrected chi connectivity index (χ3v) is 5.94. The third-order valence-electron chi connectivity index (χ3n) is 4.10. The van der Waals surface area contributed by atoms with Gasteiger partial charge >= 0.3 is 5.97 Å². The Balaban J connectivity index is 1.66. The summed E-state index contributed by atoms with van der Waals surface area (Å²) in [6.07, 6.45) is 2.20. The summed E-state index contributed by atoms with van der Waals surface area (Å²) in [5.74, 6) is -0.479. The number of carbonyl (C=O) groups is 1. The van der Waals surface area contributed by atoms with Crippen molar-refractivity contribution in [1.29, 1.82) is 0 Å². The Morgan fingerprint density at radius 3 is 2.96 bits per heavy atom. The SMILES string of the molecule is Cc1cccn2c(=O)cc(COC(=O)C[C@H]3CCS(=O)(=O)C3)nc12. The van der Waals surface area contributed by atoms with E-state index in [0.29, 0.717) is 17.8 Å². The van der Waals surface area contributed by atoms with Crippen molar-refractivity contribution in [3.05, 3.63) is 46.0 Å². The monoisotopic (exact) mass is 350 g/mol. The van der Waals surface area contributed by atoms with Crippen LogP contribution < -0.4 is 5.56 Å². The van der Waals surface area contributed by atoms with Crippen LogP contribution in [0.25, 0.3) is 5.65 Å². The Hall–Kier alpha value is -2.22. The number of sulfone groups is 1. The molecule has 1 atom stereocenters. The Kier molecular flexibility index (Phi) is 4.40. The molecule has 8 heteroatoms. The van der Waals surface area contributed by atoms with Crippen molar-refractivity contribution < 1.29 is 17.9 Å². The van der Waals surface area contributed by atoms with Crippen LogP contribution in [0.1, 0.15) is 24.1 Å². The van der Waals surface area contributed by atoms with Gasteiger partial charge in [-0.15, -0.1) is 0 Å². The highest BCUT2D eigenvalue weighted by molar-refractivity contribution is 7.91. The lowest BCUT2D eigenvalue weighted by Gasteiger charge is -2.09. The summed E-state index contributed by atoms with van der Waals surface area (Å²) in [5.41, 5.74) is 1.51. The van der Waals surface area contributed by atoms with E-state index < -0.39 is 15.8 Å². The first-order valence-electron chi connectivity index (χ1n) is 7.68. The molecule has 7 nitrogen and oxygen atoms in total. The Labute approximate surface area is 139 Å². The van der Waals surface area contributed by atoms with Crippen LogP contribution in [-0.2, 0) is 26.0 Å². The summed E-state index contributed by atoms with van der Waals surface area (Å²) in [6, 6.07) is 4.94. The number of nitrogens with zero attached hydrogens (tertiary/aromatic N) is 2. The number of aromatic nitrogens is 2. The van der Waals surface area contributed by atoms with Gasteiger partial charge in [0.1, 0.15) is 12.3 Å². The molecule has 0 unspecified atom stereocenters. The van der Waals surface area contributed by atoms with Gasteiger partial charge in [-0.1, -0.05) is 6.07 Å².